The number of thiocarbonyl (C=S) groups is 1. The van der Waals surface area contributed by atoms with Gasteiger partial charge in [0.25, 0.3) is 5.91 Å². The lowest BCUT2D eigenvalue weighted by atomic mass is 10.2. The highest BCUT2D eigenvalue weighted by atomic mass is 35.5. The number of hydrogen-bond donors (Lipinski definition) is 3. The van der Waals surface area contributed by atoms with E-state index in [1.54, 1.807) is 36.4 Å². The second-order valence-corrected chi connectivity index (χ2v) is 7.09. The molecule has 0 atom stereocenters. The molecule has 10 heteroatoms. The molecule has 3 N–H and O–H groups in total. The Labute approximate surface area is 188 Å². The molecule has 7 nitrogen and oxygen atoms in total. The third-order valence-corrected chi connectivity index (χ3v) is 4.62. The number of carbonyl (C=O) groups excluding carboxylic acids is 1. The van der Waals surface area contributed by atoms with Crippen molar-refractivity contribution in [2.45, 2.75) is 0 Å². The summed E-state index contributed by atoms with van der Waals surface area (Å²) in [5, 5.41) is 9.69. The fourth-order valence-electron chi connectivity index (χ4n) is 2.51. The van der Waals surface area contributed by atoms with Gasteiger partial charge < -0.3 is 29.8 Å². The van der Waals surface area contributed by atoms with E-state index in [1.165, 1.54) is 26.4 Å². The van der Waals surface area contributed by atoms with Gasteiger partial charge in [-0.3, -0.25) is 4.79 Å². The van der Waals surface area contributed by atoms with Gasteiger partial charge in [0.1, 0.15) is 11.5 Å². The van der Waals surface area contributed by atoms with Gasteiger partial charge in [-0.25, -0.2) is 0 Å². The Morgan fingerprint density at radius 1 is 0.900 bits per heavy atom. The van der Waals surface area contributed by atoms with Crippen molar-refractivity contribution in [2.24, 2.45) is 0 Å². The zero-order chi connectivity index (χ0) is 21.7. The van der Waals surface area contributed by atoms with Crippen molar-refractivity contribution in [1.29, 1.82) is 0 Å². The molecule has 156 valence electrons. The minimum absolute atomic E-state index is 0.125. The maximum Gasteiger partial charge on any atom is 0.291 e. The van der Waals surface area contributed by atoms with Crippen molar-refractivity contribution >= 4 is 63.5 Å². The Hall–Kier alpha value is -2.94. The average Bonchev–Trinajstić information content (AvgIpc) is 3.16. The molecule has 0 spiro atoms. The summed E-state index contributed by atoms with van der Waals surface area (Å²) in [6.45, 7) is 0. The van der Waals surface area contributed by atoms with Crippen LogP contribution in [0.4, 0.5) is 17.1 Å². The van der Waals surface area contributed by atoms with Gasteiger partial charge in [0.2, 0.25) is 0 Å². The van der Waals surface area contributed by atoms with Gasteiger partial charge in [-0.1, -0.05) is 11.6 Å². The number of furan rings is 1. The molecular weight excluding hydrogens is 449 g/mol. The number of halogens is 2. The number of anilines is 3. The van der Waals surface area contributed by atoms with Crippen molar-refractivity contribution < 1.29 is 18.7 Å². The first-order valence-corrected chi connectivity index (χ1v) is 9.72. The molecule has 1 heterocycles. The first-order valence-electron chi connectivity index (χ1n) is 8.56. The quantitative estimate of drug-likeness (QED) is 0.404. The second kappa shape index (κ2) is 9.71. The van der Waals surface area contributed by atoms with Gasteiger partial charge >= 0.3 is 0 Å². The van der Waals surface area contributed by atoms with Gasteiger partial charge in [0.05, 0.1) is 24.9 Å². The molecule has 0 fully saturated rings. The van der Waals surface area contributed by atoms with Crippen LogP contribution in [0.5, 0.6) is 11.5 Å². The molecular formula is C20H17Cl2N3O4S. The van der Waals surface area contributed by atoms with E-state index in [0.29, 0.717) is 38.7 Å². The zero-order valence-corrected chi connectivity index (χ0v) is 18.2. The summed E-state index contributed by atoms with van der Waals surface area (Å²) in [6, 6.07) is 13.3. The van der Waals surface area contributed by atoms with E-state index >= 15 is 0 Å². The Bertz CT molecular complexity index is 1070. The highest BCUT2D eigenvalue weighted by molar-refractivity contribution is 7.80. The average molecular weight is 466 g/mol. The standard InChI is InChI=1S/C20H17Cl2N3O4S/c1-27-16-10-17(28-2)14(9-13(16)21)25-20(30)24-12-5-3-11(4-6-12)23-19(26)15-7-8-18(22)29-15/h3-10H,1-2H3,(H,23,26)(H2,24,25,30). The molecule has 3 rings (SSSR count). The summed E-state index contributed by atoms with van der Waals surface area (Å²) in [5.74, 6) is 0.742. The first-order chi connectivity index (χ1) is 14.4. The van der Waals surface area contributed by atoms with E-state index in [1.807, 2.05) is 0 Å². The Morgan fingerprint density at radius 2 is 1.53 bits per heavy atom. The fourth-order valence-corrected chi connectivity index (χ4v) is 3.12. The fraction of sp³-hybridized carbons (Fsp3) is 0.100. The Kier molecular flexibility index (Phi) is 7.04. The highest BCUT2D eigenvalue weighted by Gasteiger charge is 2.12. The lowest BCUT2D eigenvalue weighted by molar-refractivity contribution is 0.0997. The van der Waals surface area contributed by atoms with Gasteiger partial charge in [-0.15, -0.1) is 0 Å². The summed E-state index contributed by atoms with van der Waals surface area (Å²) in [7, 11) is 3.06. The van der Waals surface area contributed by atoms with Crippen molar-refractivity contribution in [3.63, 3.8) is 0 Å². The molecule has 0 aliphatic heterocycles. The van der Waals surface area contributed by atoms with E-state index in [-0.39, 0.29) is 11.0 Å². The van der Waals surface area contributed by atoms with Crippen LogP contribution in [0.2, 0.25) is 10.2 Å². The third kappa shape index (κ3) is 5.35. The predicted octanol–water partition coefficient (Wildman–Crippen LogP) is 5.66. The van der Waals surface area contributed by atoms with Crippen LogP contribution in [0, 0.1) is 0 Å². The van der Waals surface area contributed by atoms with E-state index in [9.17, 15) is 4.79 Å². The number of benzene rings is 2. The minimum Gasteiger partial charge on any atom is -0.495 e. The number of ether oxygens (including phenoxy) is 2. The van der Waals surface area contributed by atoms with E-state index in [2.05, 4.69) is 16.0 Å². The smallest absolute Gasteiger partial charge is 0.291 e. The first kappa shape index (κ1) is 21.8. The van der Waals surface area contributed by atoms with Gasteiger partial charge in [0, 0.05) is 17.4 Å². The second-order valence-electron chi connectivity index (χ2n) is 5.90. The molecule has 1 aromatic heterocycles. The Balaban J connectivity index is 1.62. The van der Waals surface area contributed by atoms with Crippen molar-refractivity contribution in [1.82, 2.24) is 0 Å². The van der Waals surface area contributed by atoms with Crippen molar-refractivity contribution in [3.05, 3.63) is 64.5 Å². The SMILES string of the molecule is COc1cc(OC)c(NC(=S)Nc2ccc(NC(=O)c3ccc(Cl)o3)cc2)cc1Cl. The largest absolute Gasteiger partial charge is 0.495 e. The summed E-state index contributed by atoms with van der Waals surface area (Å²) in [4.78, 5) is 12.1. The summed E-state index contributed by atoms with van der Waals surface area (Å²) in [5.41, 5.74) is 1.88. The molecule has 0 radical (unpaired) electrons. The van der Waals surface area contributed by atoms with E-state index in [0.717, 1.165) is 0 Å². The number of hydrogen-bond acceptors (Lipinski definition) is 5. The minimum atomic E-state index is -0.400. The molecule has 0 unspecified atom stereocenters. The number of amides is 1. The van der Waals surface area contributed by atoms with E-state index in [4.69, 9.17) is 49.3 Å². The molecule has 0 saturated heterocycles. The maximum absolute atomic E-state index is 12.1. The topological polar surface area (TPSA) is 84.8 Å². The molecule has 30 heavy (non-hydrogen) atoms. The molecule has 3 aromatic rings. The molecule has 1 amide bonds. The maximum atomic E-state index is 12.1. The van der Waals surface area contributed by atoms with Crippen LogP contribution < -0.4 is 25.4 Å². The number of rotatable bonds is 6. The van der Waals surface area contributed by atoms with Crippen LogP contribution in [0.3, 0.4) is 0 Å². The lowest BCUT2D eigenvalue weighted by Gasteiger charge is -2.15. The van der Waals surface area contributed by atoms with Gasteiger partial charge in [-0.05, 0) is 66.3 Å². The monoisotopic (exact) mass is 465 g/mol. The van der Waals surface area contributed by atoms with Crippen molar-refractivity contribution in [2.75, 3.05) is 30.2 Å². The molecule has 0 saturated carbocycles. The normalized spacial score (nSPS) is 10.3. The summed E-state index contributed by atoms with van der Waals surface area (Å²) >= 11 is 17.2. The van der Waals surface area contributed by atoms with Crippen LogP contribution in [-0.2, 0) is 0 Å². The van der Waals surface area contributed by atoms with Gasteiger partial charge in [0.15, 0.2) is 16.1 Å². The number of carbonyl (C=O) groups is 1. The number of nitrogens with one attached hydrogen (secondary N) is 3. The van der Waals surface area contributed by atoms with Crippen LogP contribution >= 0.6 is 35.4 Å². The van der Waals surface area contributed by atoms with Crippen molar-refractivity contribution in [3.8, 4) is 11.5 Å². The molecule has 0 aliphatic carbocycles. The van der Waals surface area contributed by atoms with Crippen LogP contribution in [-0.4, -0.2) is 25.2 Å². The number of methoxy groups -OCH3 is 2. The van der Waals surface area contributed by atoms with Crippen LogP contribution in [0.1, 0.15) is 10.6 Å². The molecule has 2 aromatic carbocycles. The predicted molar refractivity (Wildman–Crippen MR) is 123 cm³/mol. The van der Waals surface area contributed by atoms with Gasteiger partial charge in [-0.2, -0.15) is 0 Å². The molecule has 0 bridgehead atoms. The highest BCUT2D eigenvalue weighted by Crippen LogP contribution is 2.36. The Morgan fingerprint density at radius 3 is 2.10 bits per heavy atom. The third-order valence-electron chi connectivity index (χ3n) is 3.92. The molecule has 0 aliphatic rings. The van der Waals surface area contributed by atoms with E-state index < -0.39 is 5.91 Å². The zero-order valence-electron chi connectivity index (χ0n) is 15.9. The van der Waals surface area contributed by atoms with Crippen LogP contribution in [0.25, 0.3) is 0 Å². The summed E-state index contributed by atoms with van der Waals surface area (Å²) in [6.07, 6.45) is 0. The lowest BCUT2D eigenvalue weighted by Crippen LogP contribution is -2.19. The summed E-state index contributed by atoms with van der Waals surface area (Å²) < 4.78 is 15.6. The van der Waals surface area contributed by atoms with Crippen LogP contribution in [0.15, 0.2) is 52.9 Å².